The standard InChI is InChI=1S/C32H41NO6.C32H43NO5/c1-22(2)17-29-30(35)19-26(23(3)34)11-7-8-16-38-28-14-12-24(13-15-28)18-27(32(37)33-29)20-31(36)39-21-25-9-5-4-6-10-25;1-4-24-10-8-9-17-37-28-15-13-25(14-16-28)19-27(21-31(35)38-22-26-11-6-5-7-12-26)32(36)33-29(18-23(2)3)30(34)20-24/h4-6,9-10,12-15,22,26-27,29H,7-8,11,16-21H2,1-3H3,(H,33,37);5-7,11-16,23-24,27,29H,4,8-10,17-22H2,1-3H3,(H,33,36)/t26-,27-,29+;24-,27-,29+/m11/s1. The summed E-state index contributed by atoms with van der Waals surface area (Å²) in [5, 5.41) is 5.98. The van der Waals surface area contributed by atoms with E-state index in [0.717, 1.165) is 72.3 Å². The normalized spacial score (nSPS) is 21.2. The maximum absolute atomic E-state index is 13.6. The summed E-state index contributed by atoms with van der Waals surface area (Å²) in [6, 6.07) is 32.8. The lowest BCUT2D eigenvalue weighted by atomic mass is 9.88. The lowest BCUT2D eigenvalue weighted by molar-refractivity contribution is -0.148. The maximum atomic E-state index is 13.6. The van der Waals surface area contributed by atoms with Crippen LogP contribution in [0, 0.1) is 35.5 Å². The van der Waals surface area contributed by atoms with E-state index in [1.165, 1.54) is 6.92 Å². The molecule has 4 aliphatic rings. The lowest BCUT2D eigenvalue weighted by Crippen LogP contribution is -2.46. The van der Waals surface area contributed by atoms with Gasteiger partial charge in [0, 0.05) is 18.8 Å². The third kappa shape index (κ3) is 22.9. The van der Waals surface area contributed by atoms with Crippen LogP contribution in [0.1, 0.15) is 147 Å². The minimum atomic E-state index is -0.721. The molecule has 4 aliphatic heterocycles. The Kier molecular flexibility index (Phi) is 26.1. The molecule has 6 atom stereocenters. The predicted octanol–water partition coefficient (Wildman–Crippen LogP) is 11.3. The smallest absolute Gasteiger partial charge is 0.306 e. The van der Waals surface area contributed by atoms with E-state index in [2.05, 4.69) is 31.4 Å². The second kappa shape index (κ2) is 32.8. The van der Waals surface area contributed by atoms with Crippen LogP contribution in [0.25, 0.3) is 0 Å². The molecule has 2 N–H and O–H groups in total. The highest BCUT2D eigenvalue weighted by Crippen LogP contribution is 2.25. The van der Waals surface area contributed by atoms with E-state index in [4.69, 9.17) is 18.9 Å². The van der Waals surface area contributed by atoms with Gasteiger partial charge in [-0.05, 0) is 135 Å². The van der Waals surface area contributed by atoms with Crippen molar-refractivity contribution in [1.82, 2.24) is 10.6 Å². The van der Waals surface area contributed by atoms with Crippen LogP contribution in [-0.4, -0.2) is 66.4 Å². The van der Waals surface area contributed by atoms with Crippen molar-refractivity contribution in [2.24, 2.45) is 35.5 Å². The largest absolute Gasteiger partial charge is 0.494 e. The third-order valence-corrected chi connectivity index (χ3v) is 14.3. The van der Waals surface area contributed by atoms with Crippen LogP contribution in [-0.2, 0) is 69.1 Å². The Morgan fingerprint density at radius 1 is 0.545 bits per heavy atom. The molecule has 4 bridgehead atoms. The highest BCUT2D eigenvalue weighted by molar-refractivity contribution is 5.94. The molecule has 4 heterocycles. The van der Waals surface area contributed by atoms with E-state index in [0.29, 0.717) is 51.7 Å². The van der Waals surface area contributed by atoms with Crippen LogP contribution >= 0.6 is 0 Å². The number of ether oxygens (including phenoxy) is 4. The van der Waals surface area contributed by atoms with Crippen LogP contribution in [0.2, 0.25) is 0 Å². The molecule has 0 radical (unpaired) electrons. The average Bonchev–Trinajstić information content (AvgIpc) is 3.41. The minimum Gasteiger partial charge on any atom is -0.494 e. The monoisotopic (exact) mass is 1060 g/mol. The van der Waals surface area contributed by atoms with Crippen molar-refractivity contribution in [3.8, 4) is 11.5 Å². The molecule has 0 fully saturated rings. The lowest BCUT2D eigenvalue weighted by Gasteiger charge is -2.25. The number of amides is 2. The fraction of sp³-hybridized carbons (Fsp3) is 0.516. The fourth-order valence-corrected chi connectivity index (χ4v) is 9.71. The summed E-state index contributed by atoms with van der Waals surface area (Å²) in [5.74, 6) is -1.20. The van der Waals surface area contributed by atoms with Crippen LogP contribution < -0.4 is 20.1 Å². The highest BCUT2D eigenvalue weighted by atomic mass is 16.5. The molecule has 77 heavy (non-hydrogen) atoms. The highest BCUT2D eigenvalue weighted by Gasteiger charge is 2.32. The van der Waals surface area contributed by atoms with Crippen molar-refractivity contribution in [2.45, 2.75) is 163 Å². The molecule has 2 amide bonds. The van der Waals surface area contributed by atoms with Gasteiger partial charge in [-0.15, -0.1) is 0 Å². The Balaban J connectivity index is 0.000000284. The first-order valence-corrected chi connectivity index (χ1v) is 28.0. The molecule has 0 saturated heterocycles. The zero-order chi connectivity index (χ0) is 55.5. The molecular weight excluding hydrogens is 973 g/mol. The molecule has 416 valence electrons. The first kappa shape index (κ1) is 61.2. The predicted molar refractivity (Wildman–Crippen MR) is 298 cm³/mol. The Hall–Kier alpha value is -6.63. The zero-order valence-electron chi connectivity index (χ0n) is 46.4. The van der Waals surface area contributed by atoms with Crippen LogP contribution in [0.5, 0.6) is 11.5 Å². The van der Waals surface area contributed by atoms with Crippen LogP contribution in [0.15, 0.2) is 109 Å². The second-order valence-electron chi connectivity index (χ2n) is 21.8. The molecule has 4 aromatic carbocycles. The summed E-state index contributed by atoms with van der Waals surface area (Å²) in [6.07, 6.45) is 8.05. The first-order valence-electron chi connectivity index (χ1n) is 28.0. The van der Waals surface area contributed by atoms with E-state index in [1.807, 2.05) is 123 Å². The topological polar surface area (TPSA) is 180 Å². The first-order chi connectivity index (χ1) is 37.0. The SMILES string of the molecule is CC(=O)[C@@H]1CCCCOc2ccc(cc2)C[C@H](CC(=O)OCc2ccccc2)C(=O)N[C@@H](CC(C)C)C(=O)C1.CC[C@@H]1CCCCOc2ccc(cc2)C[C@H](CC(=O)OCc2ccccc2)C(=O)N[C@@H](CC(C)C)C(=O)C1. The van der Waals surface area contributed by atoms with Gasteiger partial charge < -0.3 is 29.6 Å². The number of fused-ring (bicyclic) bond motifs is 28. The summed E-state index contributed by atoms with van der Waals surface area (Å²) in [6.45, 7) is 13.2. The fourth-order valence-electron chi connectivity index (χ4n) is 9.71. The molecule has 0 aliphatic carbocycles. The Morgan fingerprint density at radius 2 is 0.961 bits per heavy atom. The summed E-state index contributed by atoms with van der Waals surface area (Å²) in [4.78, 5) is 91.8. The van der Waals surface area contributed by atoms with Crippen molar-refractivity contribution in [2.75, 3.05) is 13.2 Å². The summed E-state index contributed by atoms with van der Waals surface area (Å²) < 4.78 is 22.7. The molecule has 0 spiro atoms. The van der Waals surface area contributed by atoms with Gasteiger partial charge in [0.15, 0.2) is 11.6 Å². The van der Waals surface area contributed by atoms with E-state index in [-0.39, 0.29) is 85.3 Å². The van der Waals surface area contributed by atoms with Crippen molar-refractivity contribution in [3.05, 3.63) is 131 Å². The van der Waals surface area contributed by atoms with Gasteiger partial charge in [0.05, 0.1) is 50.0 Å². The molecular formula is C64H84N2O11. The van der Waals surface area contributed by atoms with Gasteiger partial charge in [0.1, 0.15) is 30.5 Å². The van der Waals surface area contributed by atoms with Crippen molar-refractivity contribution < 1.29 is 52.5 Å². The molecule has 4 aromatic rings. The maximum Gasteiger partial charge on any atom is 0.306 e. The molecule has 0 unspecified atom stereocenters. The Bertz CT molecular complexity index is 2460. The van der Waals surface area contributed by atoms with Gasteiger partial charge in [-0.2, -0.15) is 0 Å². The number of carbonyl (C=O) groups excluding carboxylic acids is 7. The molecule has 13 nitrogen and oxygen atoms in total. The van der Waals surface area contributed by atoms with Crippen LogP contribution in [0.4, 0.5) is 0 Å². The van der Waals surface area contributed by atoms with E-state index < -0.39 is 35.9 Å². The quantitative estimate of drug-likeness (QED) is 0.115. The number of benzene rings is 4. The molecule has 0 aromatic heterocycles. The number of hydrogen-bond donors (Lipinski definition) is 2. The van der Waals surface area contributed by atoms with Gasteiger partial charge in [-0.3, -0.25) is 33.6 Å². The summed E-state index contributed by atoms with van der Waals surface area (Å²) in [7, 11) is 0. The summed E-state index contributed by atoms with van der Waals surface area (Å²) >= 11 is 0. The third-order valence-electron chi connectivity index (χ3n) is 14.3. The number of ketones is 3. The molecule has 0 saturated carbocycles. The average molecular weight is 1060 g/mol. The van der Waals surface area contributed by atoms with Gasteiger partial charge in [0.2, 0.25) is 11.8 Å². The van der Waals surface area contributed by atoms with Gasteiger partial charge >= 0.3 is 11.9 Å². The van der Waals surface area contributed by atoms with Gasteiger partial charge in [0.25, 0.3) is 0 Å². The van der Waals surface area contributed by atoms with Crippen LogP contribution in [0.3, 0.4) is 0 Å². The second-order valence-corrected chi connectivity index (χ2v) is 21.8. The van der Waals surface area contributed by atoms with Gasteiger partial charge in [-0.25, -0.2) is 0 Å². The zero-order valence-corrected chi connectivity index (χ0v) is 46.4. The molecule has 8 rings (SSSR count). The number of carbonyl (C=O) groups is 7. The van der Waals surface area contributed by atoms with Gasteiger partial charge in [-0.1, -0.05) is 126 Å². The number of rotatable bonds is 14. The van der Waals surface area contributed by atoms with Crippen molar-refractivity contribution >= 4 is 41.1 Å². The minimum absolute atomic E-state index is 0.0221. The van der Waals surface area contributed by atoms with E-state index in [1.54, 1.807) is 0 Å². The Morgan fingerprint density at radius 3 is 1.36 bits per heavy atom. The Labute approximate surface area is 457 Å². The number of esters is 2. The van der Waals surface area contributed by atoms with E-state index in [9.17, 15) is 33.6 Å². The summed E-state index contributed by atoms with van der Waals surface area (Å²) in [5.41, 5.74) is 3.56. The van der Waals surface area contributed by atoms with Crippen molar-refractivity contribution in [1.29, 1.82) is 0 Å². The number of hydrogen-bond acceptors (Lipinski definition) is 11. The number of Topliss-reactive ketones (excluding diaryl/α,β-unsaturated/α-hetero) is 3. The number of nitrogens with one attached hydrogen (secondary N) is 2. The molecule has 13 heteroatoms. The van der Waals surface area contributed by atoms with Crippen molar-refractivity contribution in [3.63, 3.8) is 0 Å². The van der Waals surface area contributed by atoms with E-state index >= 15 is 0 Å².